The van der Waals surface area contributed by atoms with Crippen LogP contribution in [0, 0.1) is 6.92 Å². The maximum absolute atomic E-state index is 6.07. The molecule has 0 aliphatic carbocycles. The zero-order valence-corrected chi connectivity index (χ0v) is 16.7. The molecule has 1 aliphatic heterocycles. The van der Waals surface area contributed by atoms with Crippen molar-refractivity contribution in [2.24, 2.45) is 0 Å². The van der Waals surface area contributed by atoms with Gasteiger partial charge in [-0.2, -0.15) is 5.10 Å². The topological polar surface area (TPSA) is 43.2 Å². The lowest BCUT2D eigenvalue weighted by Gasteiger charge is -2.32. The molecule has 3 aromatic rings. The second-order valence-corrected chi connectivity index (χ2v) is 7.41. The van der Waals surface area contributed by atoms with Gasteiger partial charge in [-0.25, -0.2) is 0 Å². The average molecular weight is 377 g/mol. The van der Waals surface area contributed by atoms with Crippen molar-refractivity contribution in [2.45, 2.75) is 39.5 Å². The van der Waals surface area contributed by atoms with Crippen LogP contribution in [-0.2, 0) is 24.2 Å². The molecular formula is C23H28N4O. The van der Waals surface area contributed by atoms with Crippen molar-refractivity contribution < 1.29 is 4.74 Å². The summed E-state index contributed by atoms with van der Waals surface area (Å²) in [6.07, 6.45) is 3.03. The minimum absolute atomic E-state index is 0.0194. The second kappa shape index (κ2) is 8.67. The van der Waals surface area contributed by atoms with Crippen LogP contribution < -0.4 is 0 Å². The molecule has 4 rings (SSSR count). The van der Waals surface area contributed by atoms with Crippen LogP contribution in [0.3, 0.4) is 0 Å². The van der Waals surface area contributed by atoms with E-state index in [0.717, 1.165) is 56.3 Å². The van der Waals surface area contributed by atoms with Gasteiger partial charge < -0.3 is 4.74 Å². The smallest absolute Gasteiger partial charge is 0.112 e. The molecule has 0 saturated carbocycles. The van der Waals surface area contributed by atoms with E-state index in [1.165, 1.54) is 11.1 Å². The van der Waals surface area contributed by atoms with Gasteiger partial charge in [0.25, 0.3) is 0 Å². The lowest BCUT2D eigenvalue weighted by Crippen LogP contribution is -2.38. The number of aromatic nitrogens is 3. The number of aryl methyl sites for hydroxylation is 2. The van der Waals surface area contributed by atoms with E-state index in [1.807, 2.05) is 10.7 Å². The van der Waals surface area contributed by atoms with Crippen molar-refractivity contribution in [2.75, 3.05) is 19.7 Å². The van der Waals surface area contributed by atoms with Crippen molar-refractivity contribution >= 4 is 0 Å². The Balaban J connectivity index is 1.44. The Morgan fingerprint density at radius 1 is 1.11 bits per heavy atom. The van der Waals surface area contributed by atoms with Gasteiger partial charge in [-0.05, 0) is 31.5 Å². The van der Waals surface area contributed by atoms with E-state index >= 15 is 0 Å². The third-order valence-electron chi connectivity index (χ3n) is 5.30. The van der Waals surface area contributed by atoms with Gasteiger partial charge in [0.1, 0.15) is 6.10 Å². The van der Waals surface area contributed by atoms with E-state index in [-0.39, 0.29) is 6.10 Å². The Bertz CT molecular complexity index is 906. The Hall–Kier alpha value is -2.50. The van der Waals surface area contributed by atoms with E-state index in [9.17, 15) is 0 Å². The van der Waals surface area contributed by atoms with Crippen LogP contribution in [0.15, 0.2) is 54.7 Å². The Labute approximate surface area is 167 Å². The summed E-state index contributed by atoms with van der Waals surface area (Å²) in [7, 11) is 0. The van der Waals surface area contributed by atoms with E-state index in [2.05, 4.69) is 72.5 Å². The molecule has 1 fully saturated rings. The maximum Gasteiger partial charge on any atom is 0.112 e. The van der Waals surface area contributed by atoms with Crippen LogP contribution in [0.2, 0.25) is 0 Å². The van der Waals surface area contributed by atoms with Gasteiger partial charge in [0.15, 0.2) is 0 Å². The standard InChI is InChI=1S/C23H28N4O/c1-3-27-16-20(18(2)25-27)15-26-12-13-28-23(17-26)22-11-7-10-21(24-22)14-19-8-5-4-6-9-19/h4-11,16,23H,3,12-15,17H2,1-2H3. The van der Waals surface area contributed by atoms with Crippen LogP contribution in [0.5, 0.6) is 0 Å². The van der Waals surface area contributed by atoms with Crippen LogP contribution in [-0.4, -0.2) is 39.4 Å². The van der Waals surface area contributed by atoms with Crippen LogP contribution >= 0.6 is 0 Å². The molecule has 5 nitrogen and oxygen atoms in total. The third kappa shape index (κ3) is 4.49. The third-order valence-corrected chi connectivity index (χ3v) is 5.30. The predicted octanol–water partition coefficient (Wildman–Crippen LogP) is 3.77. The molecule has 1 aromatic carbocycles. The summed E-state index contributed by atoms with van der Waals surface area (Å²) in [6.45, 7) is 8.56. The fraction of sp³-hybridized carbons (Fsp3) is 0.391. The van der Waals surface area contributed by atoms with Crippen molar-refractivity contribution in [3.05, 3.63) is 82.9 Å². The number of pyridine rings is 1. The number of hydrogen-bond donors (Lipinski definition) is 0. The first kappa shape index (κ1) is 18.8. The summed E-state index contributed by atoms with van der Waals surface area (Å²) in [5.41, 5.74) is 5.81. The van der Waals surface area contributed by atoms with Crippen molar-refractivity contribution in [3.8, 4) is 0 Å². The molecule has 0 radical (unpaired) electrons. The zero-order valence-electron chi connectivity index (χ0n) is 16.7. The highest BCUT2D eigenvalue weighted by Crippen LogP contribution is 2.23. The molecule has 1 saturated heterocycles. The van der Waals surface area contributed by atoms with Crippen LogP contribution in [0.4, 0.5) is 0 Å². The van der Waals surface area contributed by atoms with Gasteiger partial charge in [-0.1, -0.05) is 36.4 Å². The summed E-state index contributed by atoms with van der Waals surface area (Å²) < 4.78 is 8.08. The monoisotopic (exact) mass is 376 g/mol. The van der Waals surface area contributed by atoms with E-state index in [4.69, 9.17) is 9.72 Å². The molecule has 5 heteroatoms. The molecule has 0 amide bonds. The van der Waals surface area contributed by atoms with Gasteiger partial charge in [0.2, 0.25) is 0 Å². The minimum atomic E-state index is 0.0194. The summed E-state index contributed by atoms with van der Waals surface area (Å²) in [4.78, 5) is 7.35. The Kier molecular flexibility index (Phi) is 5.84. The van der Waals surface area contributed by atoms with E-state index in [0.29, 0.717) is 0 Å². The molecule has 0 N–H and O–H groups in total. The predicted molar refractivity (Wildman–Crippen MR) is 110 cm³/mol. The summed E-state index contributed by atoms with van der Waals surface area (Å²) in [5.74, 6) is 0. The summed E-state index contributed by atoms with van der Waals surface area (Å²) in [5, 5.41) is 4.57. The molecule has 0 bridgehead atoms. The summed E-state index contributed by atoms with van der Waals surface area (Å²) in [6, 6.07) is 16.8. The number of hydrogen-bond acceptors (Lipinski definition) is 4. The first-order valence-electron chi connectivity index (χ1n) is 10.1. The van der Waals surface area contributed by atoms with Gasteiger partial charge >= 0.3 is 0 Å². The fourth-order valence-electron chi connectivity index (χ4n) is 3.72. The normalized spacial score (nSPS) is 17.7. The van der Waals surface area contributed by atoms with E-state index < -0.39 is 0 Å². The number of benzene rings is 1. The molecule has 28 heavy (non-hydrogen) atoms. The first-order chi connectivity index (χ1) is 13.7. The van der Waals surface area contributed by atoms with Crippen LogP contribution in [0.25, 0.3) is 0 Å². The van der Waals surface area contributed by atoms with Crippen molar-refractivity contribution in [1.29, 1.82) is 0 Å². The van der Waals surface area contributed by atoms with Gasteiger partial charge in [0.05, 0.1) is 18.0 Å². The minimum Gasteiger partial charge on any atom is -0.369 e. The highest BCUT2D eigenvalue weighted by molar-refractivity contribution is 5.23. The highest BCUT2D eigenvalue weighted by atomic mass is 16.5. The van der Waals surface area contributed by atoms with Crippen molar-refractivity contribution in [1.82, 2.24) is 19.7 Å². The fourth-order valence-corrected chi connectivity index (χ4v) is 3.72. The van der Waals surface area contributed by atoms with Crippen LogP contribution in [0.1, 0.15) is 41.2 Å². The zero-order chi connectivity index (χ0) is 19.3. The number of morpholine rings is 1. The highest BCUT2D eigenvalue weighted by Gasteiger charge is 2.24. The average Bonchev–Trinajstić information content (AvgIpc) is 3.09. The summed E-state index contributed by atoms with van der Waals surface area (Å²) >= 11 is 0. The Morgan fingerprint density at radius 2 is 1.96 bits per heavy atom. The maximum atomic E-state index is 6.07. The quantitative estimate of drug-likeness (QED) is 0.657. The number of nitrogens with zero attached hydrogens (tertiary/aromatic N) is 4. The number of ether oxygens (including phenoxy) is 1. The second-order valence-electron chi connectivity index (χ2n) is 7.41. The lowest BCUT2D eigenvalue weighted by molar-refractivity contribution is -0.0351. The molecule has 3 heterocycles. The van der Waals surface area contributed by atoms with Gasteiger partial charge in [-0.15, -0.1) is 0 Å². The lowest BCUT2D eigenvalue weighted by atomic mass is 10.1. The van der Waals surface area contributed by atoms with Gasteiger partial charge in [0, 0.05) is 50.1 Å². The number of rotatable bonds is 6. The molecule has 2 aromatic heterocycles. The molecule has 1 aliphatic rings. The largest absolute Gasteiger partial charge is 0.369 e. The molecule has 0 spiro atoms. The molecule has 146 valence electrons. The first-order valence-corrected chi connectivity index (χ1v) is 10.1. The van der Waals surface area contributed by atoms with Gasteiger partial charge in [-0.3, -0.25) is 14.6 Å². The molecular weight excluding hydrogens is 348 g/mol. The molecule has 1 unspecified atom stereocenters. The SMILES string of the molecule is CCn1cc(CN2CCOC(c3cccc(Cc4ccccc4)n3)C2)c(C)n1. The Morgan fingerprint density at radius 3 is 2.75 bits per heavy atom. The van der Waals surface area contributed by atoms with Crippen molar-refractivity contribution in [3.63, 3.8) is 0 Å². The molecule has 1 atom stereocenters. The van der Waals surface area contributed by atoms with E-state index in [1.54, 1.807) is 0 Å².